The van der Waals surface area contributed by atoms with Crippen LogP contribution in [0.1, 0.15) is 61.4 Å². The van der Waals surface area contributed by atoms with Crippen LogP contribution >= 0.6 is 0 Å². The van der Waals surface area contributed by atoms with Crippen molar-refractivity contribution in [2.75, 3.05) is 13.2 Å². The van der Waals surface area contributed by atoms with Crippen molar-refractivity contribution in [2.45, 2.75) is 58.1 Å². The maximum atomic E-state index is 13.5. The number of unbranched alkanes of at least 4 members (excludes halogenated alkanes) is 2. The van der Waals surface area contributed by atoms with E-state index in [4.69, 9.17) is 9.47 Å². The number of likely N-dealkylation sites (tertiary alicyclic amines) is 1. The molecule has 3 aromatic carbocycles. The minimum absolute atomic E-state index is 0.0565. The van der Waals surface area contributed by atoms with E-state index < -0.39 is 17.7 Å². The second-order valence-electron chi connectivity index (χ2n) is 10.3. The van der Waals surface area contributed by atoms with Crippen molar-refractivity contribution in [2.24, 2.45) is 0 Å². The van der Waals surface area contributed by atoms with E-state index in [2.05, 4.69) is 6.92 Å². The molecule has 0 aromatic heterocycles. The van der Waals surface area contributed by atoms with Gasteiger partial charge in [0.15, 0.2) is 0 Å². The highest BCUT2D eigenvalue weighted by Crippen LogP contribution is 2.41. The zero-order chi connectivity index (χ0) is 27.4. The van der Waals surface area contributed by atoms with Gasteiger partial charge in [-0.15, -0.1) is 0 Å². The van der Waals surface area contributed by atoms with Gasteiger partial charge in [0, 0.05) is 18.5 Å². The van der Waals surface area contributed by atoms with Crippen LogP contribution in [-0.2, 0) is 22.4 Å². The Bertz CT molecular complexity index is 1380. The molecule has 0 bridgehead atoms. The zero-order valence-electron chi connectivity index (χ0n) is 22.6. The number of aliphatic hydroxyl groups is 1. The number of nitrogens with zero attached hydrogens (tertiary/aromatic N) is 1. The molecular weight excluding hydrogens is 490 g/mol. The molecule has 1 fully saturated rings. The van der Waals surface area contributed by atoms with Gasteiger partial charge in [-0.2, -0.15) is 0 Å². The van der Waals surface area contributed by atoms with E-state index in [0.717, 1.165) is 48.1 Å². The number of hydrogen-bond donors (Lipinski definition) is 1. The van der Waals surface area contributed by atoms with E-state index in [0.29, 0.717) is 30.9 Å². The summed E-state index contributed by atoms with van der Waals surface area (Å²) >= 11 is 0. The number of carbonyl (C=O) groups is 2. The van der Waals surface area contributed by atoms with E-state index in [1.807, 2.05) is 73.7 Å². The van der Waals surface area contributed by atoms with Crippen LogP contribution in [0, 0.1) is 0 Å². The molecule has 1 amide bonds. The number of ether oxygens (including phenoxy) is 2. The van der Waals surface area contributed by atoms with Gasteiger partial charge in [-0.05, 0) is 66.8 Å². The Kier molecular flexibility index (Phi) is 8.01. The SMILES string of the molecule is CCCCCOc1cccc([C@@H]2C(=C(O)c3ccc4c(c3)C[C@@H](C)O4)C(=O)C(=O)N2CCc2ccccc2)c1. The van der Waals surface area contributed by atoms with Crippen molar-refractivity contribution >= 4 is 17.4 Å². The first-order chi connectivity index (χ1) is 19.0. The Morgan fingerprint density at radius 3 is 2.64 bits per heavy atom. The first-order valence-corrected chi connectivity index (χ1v) is 13.8. The van der Waals surface area contributed by atoms with Crippen molar-refractivity contribution in [3.05, 3.63) is 101 Å². The number of rotatable bonds is 10. The lowest BCUT2D eigenvalue weighted by molar-refractivity contribution is -0.139. The Balaban J connectivity index is 1.52. The number of fused-ring (bicyclic) bond motifs is 1. The molecule has 0 unspecified atom stereocenters. The van der Waals surface area contributed by atoms with Crippen LogP contribution in [0.4, 0.5) is 0 Å². The van der Waals surface area contributed by atoms with E-state index in [-0.39, 0.29) is 17.4 Å². The molecule has 5 rings (SSSR count). The highest BCUT2D eigenvalue weighted by atomic mass is 16.5. The number of hydrogen-bond acceptors (Lipinski definition) is 5. The van der Waals surface area contributed by atoms with Gasteiger partial charge in [0.05, 0.1) is 18.2 Å². The van der Waals surface area contributed by atoms with Gasteiger partial charge >= 0.3 is 0 Å². The van der Waals surface area contributed by atoms with Gasteiger partial charge in [-0.1, -0.05) is 62.2 Å². The summed E-state index contributed by atoms with van der Waals surface area (Å²) in [7, 11) is 0. The van der Waals surface area contributed by atoms with Gasteiger partial charge in [0.2, 0.25) is 0 Å². The maximum absolute atomic E-state index is 13.5. The molecule has 202 valence electrons. The highest BCUT2D eigenvalue weighted by molar-refractivity contribution is 6.46. The monoisotopic (exact) mass is 525 g/mol. The molecule has 3 aromatic rings. The smallest absolute Gasteiger partial charge is 0.295 e. The lowest BCUT2D eigenvalue weighted by Gasteiger charge is -2.26. The minimum Gasteiger partial charge on any atom is -0.507 e. The summed E-state index contributed by atoms with van der Waals surface area (Å²) in [6.45, 7) is 5.08. The predicted molar refractivity (Wildman–Crippen MR) is 151 cm³/mol. The number of Topliss-reactive ketones (excluding diaryl/α,β-unsaturated/α-hetero) is 1. The van der Waals surface area contributed by atoms with E-state index in [9.17, 15) is 14.7 Å². The molecule has 1 N–H and O–H groups in total. The normalized spacial score (nSPS) is 19.7. The standard InChI is InChI=1S/C33H35NO5/c1-3-4-8-18-38-27-13-9-12-24(21-27)30-29(31(35)25-14-15-28-26(20-25)19-22(2)39-28)32(36)33(37)34(30)17-16-23-10-6-5-7-11-23/h5-7,9-15,20-22,30,35H,3-4,8,16-19H2,1-2H3/t22-,30-/m1/s1. The Morgan fingerprint density at radius 1 is 1.03 bits per heavy atom. The molecule has 2 aliphatic rings. The predicted octanol–water partition coefficient (Wildman–Crippen LogP) is 6.24. The van der Waals surface area contributed by atoms with E-state index >= 15 is 0 Å². The molecule has 39 heavy (non-hydrogen) atoms. The molecule has 0 radical (unpaired) electrons. The van der Waals surface area contributed by atoms with Crippen molar-refractivity contribution in [3.63, 3.8) is 0 Å². The average molecular weight is 526 g/mol. The van der Waals surface area contributed by atoms with Gasteiger partial charge < -0.3 is 19.5 Å². The zero-order valence-corrected chi connectivity index (χ0v) is 22.6. The minimum atomic E-state index is -0.726. The fraction of sp³-hybridized carbons (Fsp3) is 0.333. The van der Waals surface area contributed by atoms with Crippen LogP contribution in [0.3, 0.4) is 0 Å². The van der Waals surface area contributed by atoms with Crippen molar-refractivity contribution in [1.82, 2.24) is 4.90 Å². The summed E-state index contributed by atoms with van der Waals surface area (Å²) < 4.78 is 11.8. The summed E-state index contributed by atoms with van der Waals surface area (Å²) in [4.78, 5) is 28.4. The lowest BCUT2D eigenvalue weighted by atomic mass is 9.94. The highest BCUT2D eigenvalue weighted by Gasteiger charge is 2.46. The fourth-order valence-corrected chi connectivity index (χ4v) is 5.39. The lowest BCUT2D eigenvalue weighted by Crippen LogP contribution is -2.31. The first kappa shape index (κ1) is 26.5. The number of benzene rings is 3. The molecular formula is C33H35NO5. The van der Waals surface area contributed by atoms with Crippen LogP contribution in [0.15, 0.2) is 78.4 Å². The van der Waals surface area contributed by atoms with Crippen LogP contribution < -0.4 is 9.47 Å². The van der Waals surface area contributed by atoms with Crippen molar-refractivity contribution < 1.29 is 24.2 Å². The third kappa shape index (κ3) is 5.70. The summed E-state index contributed by atoms with van der Waals surface area (Å²) in [5, 5.41) is 11.5. The summed E-state index contributed by atoms with van der Waals surface area (Å²) in [6.07, 6.45) is 4.52. The van der Waals surface area contributed by atoms with Crippen molar-refractivity contribution in [1.29, 1.82) is 0 Å². The first-order valence-electron chi connectivity index (χ1n) is 13.8. The average Bonchev–Trinajstić information content (AvgIpc) is 3.45. The van der Waals surface area contributed by atoms with Gasteiger partial charge in [0.25, 0.3) is 11.7 Å². The molecule has 0 aliphatic carbocycles. The molecule has 6 nitrogen and oxygen atoms in total. The Morgan fingerprint density at radius 2 is 1.85 bits per heavy atom. The molecule has 0 spiro atoms. The number of aliphatic hydroxyl groups excluding tert-OH is 1. The van der Waals surface area contributed by atoms with Crippen molar-refractivity contribution in [3.8, 4) is 11.5 Å². The number of amides is 1. The van der Waals surface area contributed by atoms with Crippen LogP contribution in [0.25, 0.3) is 5.76 Å². The number of ketones is 1. The van der Waals surface area contributed by atoms with E-state index in [1.54, 1.807) is 11.0 Å². The summed E-state index contributed by atoms with van der Waals surface area (Å²) in [6, 6.07) is 22.1. The second kappa shape index (κ2) is 11.8. The topological polar surface area (TPSA) is 76.1 Å². The van der Waals surface area contributed by atoms with Crippen LogP contribution in [0.2, 0.25) is 0 Å². The van der Waals surface area contributed by atoms with Crippen LogP contribution in [-0.4, -0.2) is 41.0 Å². The number of carbonyl (C=O) groups excluding carboxylic acids is 2. The third-order valence-electron chi connectivity index (χ3n) is 7.38. The van der Waals surface area contributed by atoms with Crippen LogP contribution in [0.5, 0.6) is 11.5 Å². The molecule has 1 saturated heterocycles. The fourth-order valence-electron chi connectivity index (χ4n) is 5.39. The van der Waals surface area contributed by atoms with E-state index in [1.165, 1.54) is 0 Å². The van der Waals surface area contributed by atoms with Gasteiger partial charge in [-0.3, -0.25) is 9.59 Å². The van der Waals surface area contributed by atoms with Gasteiger partial charge in [-0.25, -0.2) is 0 Å². The largest absolute Gasteiger partial charge is 0.507 e. The second-order valence-corrected chi connectivity index (χ2v) is 10.3. The quantitative estimate of drug-likeness (QED) is 0.147. The molecule has 2 atom stereocenters. The summed E-state index contributed by atoms with van der Waals surface area (Å²) in [5.41, 5.74) is 3.38. The molecule has 0 saturated carbocycles. The third-order valence-corrected chi connectivity index (χ3v) is 7.38. The Hall–Kier alpha value is -4.06. The Labute approximate surface area is 229 Å². The molecule has 2 aliphatic heterocycles. The summed E-state index contributed by atoms with van der Waals surface area (Å²) in [5.74, 6) is 0.0137. The van der Waals surface area contributed by atoms with Gasteiger partial charge in [0.1, 0.15) is 23.4 Å². The molecule has 6 heteroatoms. The molecule has 2 heterocycles. The maximum Gasteiger partial charge on any atom is 0.295 e.